The van der Waals surface area contributed by atoms with Gasteiger partial charge in [0.2, 0.25) is 0 Å². The van der Waals surface area contributed by atoms with Crippen LogP contribution in [0.1, 0.15) is 36.7 Å². The molecule has 0 unspecified atom stereocenters. The maximum atomic E-state index is 14.1. The Hall–Kier alpha value is -2.41. The van der Waals surface area contributed by atoms with Gasteiger partial charge in [0.05, 0.1) is 12.0 Å². The summed E-state index contributed by atoms with van der Waals surface area (Å²) in [5.41, 5.74) is -0.987. The van der Waals surface area contributed by atoms with E-state index in [0.717, 1.165) is 18.2 Å². The topological polar surface area (TPSA) is 46.5 Å². The van der Waals surface area contributed by atoms with Crippen LogP contribution in [0.3, 0.4) is 0 Å². The quantitative estimate of drug-likeness (QED) is 0.626. The molecule has 0 fully saturated rings. The molecule has 0 atom stereocenters. The van der Waals surface area contributed by atoms with E-state index in [4.69, 9.17) is 9.84 Å². The van der Waals surface area contributed by atoms with Crippen molar-refractivity contribution >= 4 is 5.97 Å². The zero-order chi connectivity index (χ0) is 19.7. The normalized spacial score (nSPS) is 12.2. The van der Waals surface area contributed by atoms with Crippen LogP contribution in [-0.4, -0.2) is 22.8 Å². The maximum absolute atomic E-state index is 14.1. The molecule has 2 rings (SSSR count). The lowest BCUT2D eigenvalue weighted by molar-refractivity contribution is -0.196. The summed E-state index contributed by atoms with van der Waals surface area (Å²) in [4.78, 5) is 12.3. The van der Waals surface area contributed by atoms with Gasteiger partial charge in [0, 0.05) is 11.6 Å². The molecular formula is C19H18F4O3. The third kappa shape index (κ3) is 5.56. The molecule has 0 aromatic heterocycles. The summed E-state index contributed by atoms with van der Waals surface area (Å²) in [6.07, 6.45) is -5.08. The van der Waals surface area contributed by atoms with Gasteiger partial charge in [-0.15, -0.1) is 0 Å². The number of rotatable bonds is 4. The Labute approximate surface area is 148 Å². The number of esters is 1. The minimum atomic E-state index is -4.01. The summed E-state index contributed by atoms with van der Waals surface area (Å²) >= 11 is 0. The largest absolute Gasteiger partial charge is 0.456 e. The molecule has 140 valence electrons. The number of halogens is 4. The molecule has 0 radical (unpaired) electrons. The first kappa shape index (κ1) is 19.9. The Kier molecular flexibility index (Phi) is 5.41. The van der Waals surface area contributed by atoms with Crippen LogP contribution in [0.5, 0.6) is 0 Å². The number of ether oxygens (including phenoxy) is 1. The molecule has 2 aromatic rings. The summed E-state index contributed by atoms with van der Waals surface area (Å²) in [5.74, 6) is -2.49. The second kappa shape index (κ2) is 7.07. The molecule has 0 aliphatic rings. The van der Waals surface area contributed by atoms with Gasteiger partial charge >= 0.3 is 12.1 Å². The molecule has 3 nitrogen and oxygen atoms in total. The SMILES string of the molecule is CC(C)(C)OC(=O)c1cc(CC(O)(F)F)cc(-c2ccc(F)cc2F)c1. The van der Waals surface area contributed by atoms with E-state index in [0.29, 0.717) is 6.07 Å². The number of aliphatic hydroxyl groups is 1. The molecule has 0 aliphatic heterocycles. The average molecular weight is 370 g/mol. The Balaban J connectivity index is 2.55. The molecule has 0 amide bonds. The molecule has 0 heterocycles. The first-order valence-corrected chi connectivity index (χ1v) is 7.77. The van der Waals surface area contributed by atoms with Gasteiger partial charge in [0.1, 0.15) is 17.2 Å². The lowest BCUT2D eigenvalue weighted by Gasteiger charge is -2.20. The monoisotopic (exact) mass is 370 g/mol. The Morgan fingerprint density at radius 1 is 1.08 bits per heavy atom. The smallest absolute Gasteiger partial charge is 0.357 e. The van der Waals surface area contributed by atoms with Crippen LogP contribution in [0, 0.1) is 11.6 Å². The van der Waals surface area contributed by atoms with Gasteiger partial charge in [0.15, 0.2) is 0 Å². The number of alkyl halides is 2. The Morgan fingerprint density at radius 2 is 1.73 bits per heavy atom. The lowest BCUT2D eigenvalue weighted by atomic mass is 9.97. The molecule has 0 saturated heterocycles. The minimum absolute atomic E-state index is 0.0701. The molecule has 0 bridgehead atoms. The highest BCUT2D eigenvalue weighted by Crippen LogP contribution is 2.29. The van der Waals surface area contributed by atoms with Crippen LogP contribution in [-0.2, 0) is 11.2 Å². The maximum Gasteiger partial charge on any atom is 0.357 e. The molecule has 0 saturated carbocycles. The van der Waals surface area contributed by atoms with Crippen LogP contribution < -0.4 is 0 Å². The molecular weight excluding hydrogens is 352 g/mol. The second-order valence-electron chi connectivity index (χ2n) is 6.89. The summed E-state index contributed by atoms with van der Waals surface area (Å²) in [6.45, 7) is 4.91. The molecule has 26 heavy (non-hydrogen) atoms. The minimum Gasteiger partial charge on any atom is -0.456 e. The molecule has 0 spiro atoms. The van der Waals surface area contributed by atoms with Crippen molar-refractivity contribution in [2.45, 2.75) is 38.9 Å². The number of benzene rings is 2. The standard InChI is InChI=1S/C19H18F4O3/c1-18(2,3)26-17(24)13-7-11(10-19(22,23)25)6-12(8-13)15-5-4-14(20)9-16(15)21/h4-9,25H,10H2,1-3H3. The highest BCUT2D eigenvalue weighted by Gasteiger charge is 2.27. The number of hydrogen-bond acceptors (Lipinski definition) is 3. The van der Waals surface area contributed by atoms with Crippen molar-refractivity contribution in [2.24, 2.45) is 0 Å². The van der Waals surface area contributed by atoms with Crippen molar-refractivity contribution in [1.29, 1.82) is 0 Å². The zero-order valence-electron chi connectivity index (χ0n) is 14.4. The molecule has 7 heteroatoms. The van der Waals surface area contributed by atoms with Crippen LogP contribution in [0.15, 0.2) is 36.4 Å². The summed E-state index contributed by atoms with van der Waals surface area (Å²) < 4.78 is 58.4. The first-order chi connectivity index (χ1) is 11.8. The number of carbonyl (C=O) groups is 1. The van der Waals surface area contributed by atoms with Crippen molar-refractivity contribution in [3.05, 3.63) is 59.2 Å². The van der Waals surface area contributed by atoms with E-state index in [1.807, 2.05) is 0 Å². The fraction of sp³-hybridized carbons (Fsp3) is 0.316. The zero-order valence-corrected chi connectivity index (χ0v) is 14.4. The number of hydrogen-bond donors (Lipinski definition) is 1. The third-order valence-corrected chi connectivity index (χ3v) is 3.29. The molecule has 2 aromatic carbocycles. The second-order valence-corrected chi connectivity index (χ2v) is 6.89. The van der Waals surface area contributed by atoms with E-state index < -0.39 is 35.7 Å². The fourth-order valence-electron chi connectivity index (χ4n) is 2.37. The van der Waals surface area contributed by atoms with E-state index in [2.05, 4.69) is 0 Å². The van der Waals surface area contributed by atoms with E-state index in [1.165, 1.54) is 12.1 Å². The highest BCUT2D eigenvalue weighted by molar-refractivity contribution is 5.91. The third-order valence-electron chi connectivity index (χ3n) is 3.29. The van der Waals surface area contributed by atoms with Gasteiger partial charge in [0.25, 0.3) is 0 Å². The fourth-order valence-corrected chi connectivity index (χ4v) is 2.37. The summed E-state index contributed by atoms with van der Waals surface area (Å²) in [6, 6.07) is 6.41. The van der Waals surface area contributed by atoms with Crippen molar-refractivity contribution in [1.82, 2.24) is 0 Å². The van der Waals surface area contributed by atoms with Gasteiger partial charge in [-0.05, 0) is 56.2 Å². The molecule has 0 aliphatic carbocycles. The van der Waals surface area contributed by atoms with Crippen molar-refractivity contribution in [3.8, 4) is 11.1 Å². The van der Waals surface area contributed by atoms with Gasteiger partial charge in [-0.2, -0.15) is 8.78 Å². The van der Waals surface area contributed by atoms with Crippen LogP contribution in [0.2, 0.25) is 0 Å². The van der Waals surface area contributed by atoms with Crippen LogP contribution in [0.4, 0.5) is 17.6 Å². The van der Waals surface area contributed by atoms with E-state index in [1.54, 1.807) is 20.8 Å². The molecule has 1 N–H and O–H groups in total. The van der Waals surface area contributed by atoms with E-state index in [9.17, 15) is 22.4 Å². The van der Waals surface area contributed by atoms with Crippen molar-refractivity contribution < 1.29 is 32.2 Å². The Bertz CT molecular complexity index is 821. The van der Waals surface area contributed by atoms with Gasteiger partial charge in [-0.3, -0.25) is 0 Å². The average Bonchev–Trinajstić information content (AvgIpc) is 2.43. The Morgan fingerprint density at radius 3 is 2.27 bits per heavy atom. The predicted octanol–water partition coefficient (Wildman–Crippen LogP) is 4.71. The highest BCUT2D eigenvalue weighted by atomic mass is 19.3. The van der Waals surface area contributed by atoms with Gasteiger partial charge in [-0.1, -0.05) is 6.07 Å². The van der Waals surface area contributed by atoms with Crippen LogP contribution >= 0.6 is 0 Å². The number of carbonyl (C=O) groups excluding carboxylic acids is 1. The summed E-state index contributed by atoms with van der Waals surface area (Å²) in [5, 5.41) is 8.77. The summed E-state index contributed by atoms with van der Waals surface area (Å²) in [7, 11) is 0. The van der Waals surface area contributed by atoms with E-state index >= 15 is 0 Å². The predicted molar refractivity (Wildman–Crippen MR) is 87.8 cm³/mol. The van der Waals surface area contributed by atoms with Crippen molar-refractivity contribution in [2.75, 3.05) is 0 Å². The van der Waals surface area contributed by atoms with Crippen LogP contribution in [0.25, 0.3) is 11.1 Å². The van der Waals surface area contributed by atoms with Gasteiger partial charge < -0.3 is 9.84 Å². The lowest BCUT2D eigenvalue weighted by Crippen LogP contribution is -2.24. The van der Waals surface area contributed by atoms with E-state index in [-0.39, 0.29) is 22.3 Å². The first-order valence-electron chi connectivity index (χ1n) is 7.77. The van der Waals surface area contributed by atoms with Crippen molar-refractivity contribution in [3.63, 3.8) is 0 Å². The van der Waals surface area contributed by atoms with Gasteiger partial charge in [-0.25, -0.2) is 13.6 Å².